The summed E-state index contributed by atoms with van der Waals surface area (Å²) in [5, 5.41) is 0. The number of anilines is 1. The van der Waals surface area contributed by atoms with Gasteiger partial charge in [0.15, 0.2) is 5.82 Å². The highest BCUT2D eigenvalue weighted by molar-refractivity contribution is 5.58. The molecule has 0 atom stereocenters. The van der Waals surface area contributed by atoms with E-state index in [0.29, 0.717) is 5.82 Å². The van der Waals surface area contributed by atoms with E-state index >= 15 is 0 Å². The van der Waals surface area contributed by atoms with Gasteiger partial charge in [-0.25, -0.2) is 9.97 Å². The minimum atomic E-state index is -0.0280. The van der Waals surface area contributed by atoms with Gasteiger partial charge in [0.1, 0.15) is 5.82 Å². The van der Waals surface area contributed by atoms with Crippen molar-refractivity contribution in [2.45, 2.75) is 44.9 Å². The van der Waals surface area contributed by atoms with Crippen LogP contribution < -0.4 is 5.73 Å². The van der Waals surface area contributed by atoms with Gasteiger partial charge in [0.2, 0.25) is 0 Å². The molecule has 2 N–H and O–H groups in total. The molecule has 0 aliphatic heterocycles. The lowest BCUT2D eigenvalue weighted by Crippen LogP contribution is -2.15. The normalized spacial score (nSPS) is 15.3. The Kier molecular flexibility index (Phi) is 3.00. The van der Waals surface area contributed by atoms with Crippen molar-refractivity contribution in [1.82, 2.24) is 9.97 Å². The first-order valence-electron chi connectivity index (χ1n) is 7.19. The third-order valence-electron chi connectivity index (χ3n) is 3.73. The molecule has 1 aliphatic carbocycles. The van der Waals surface area contributed by atoms with Gasteiger partial charge in [0, 0.05) is 17.0 Å². The second-order valence-corrected chi connectivity index (χ2v) is 6.65. The number of benzene rings is 1. The van der Waals surface area contributed by atoms with Crippen LogP contribution in [-0.2, 0) is 5.41 Å². The van der Waals surface area contributed by atoms with E-state index in [2.05, 4.69) is 55.0 Å². The van der Waals surface area contributed by atoms with Crippen LogP contribution in [0.1, 0.15) is 50.8 Å². The molecule has 1 saturated carbocycles. The van der Waals surface area contributed by atoms with E-state index in [4.69, 9.17) is 5.73 Å². The fraction of sp³-hybridized carbons (Fsp3) is 0.412. The van der Waals surface area contributed by atoms with Gasteiger partial charge in [-0.05, 0) is 24.3 Å². The molecule has 3 heteroatoms. The third kappa shape index (κ3) is 2.67. The minimum Gasteiger partial charge on any atom is -0.384 e. The average molecular weight is 267 g/mol. The molecule has 1 fully saturated rings. The molecule has 0 amide bonds. The van der Waals surface area contributed by atoms with Crippen LogP contribution in [0.5, 0.6) is 0 Å². The highest BCUT2D eigenvalue weighted by Crippen LogP contribution is 2.40. The Hall–Kier alpha value is -1.90. The Morgan fingerprint density at radius 1 is 1.05 bits per heavy atom. The van der Waals surface area contributed by atoms with Crippen molar-refractivity contribution in [2.24, 2.45) is 0 Å². The molecular formula is C17H21N3. The number of hydrogen-bond donors (Lipinski definition) is 1. The van der Waals surface area contributed by atoms with Crippen molar-refractivity contribution < 1.29 is 0 Å². The zero-order valence-corrected chi connectivity index (χ0v) is 12.4. The van der Waals surface area contributed by atoms with Crippen LogP contribution in [0.15, 0.2) is 30.3 Å². The van der Waals surface area contributed by atoms with Gasteiger partial charge in [0.05, 0.1) is 5.69 Å². The Morgan fingerprint density at radius 3 is 2.25 bits per heavy atom. The fourth-order valence-electron chi connectivity index (χ4n) is 2.30. The quantitative estimate of drug-likeness (QED) is 0.897. The number of aromatic nitrogens is 2. The van der Waals surface area contributed by atoms with E-state index in [-0.39, 0.29) is 5.41 Å². The summed E-state index contributed by atoms with van der Waals surface area (Å²) in [6.45, 7) is 6.40. The molecule has 0 bridgehead atoms. The molecule has 2 aromatic rings. The number of nitrogens with two attached hydrogens (primary N) is 1. The van der Waals surface area contributed by atoms with Crippen molar-refractivity contribution >= 4 is 5.82 Å². The summed E-state index contributed by atoms with van der Waals surface area (Å²) < 4.78 is 0. The first kappa shape index (κ1) is 13.1. The van der Waals surface area contributed by atoms with E-state index in [1.165, 1.54) is 18.4 Å². The minimum absolute atomic E-state index is 0.0280. The van der Waals surface area contributed by atoms with Gasteiger partial charge in [-0.2, -0.15) is 0 Å². The van der Waals surface area contributed by atoms with E-state index in [1.54, 1.807) is 0 Å². The maximum absolute atomic E-state index is 5.93. The van der Waals surface area contributed by atoms with Gasteiger partial charge in [0.25, 0.3) is 0 Å². The second-order valence-electron chi connectivity index (χ2n) is 6.65. The highest BCUT2D eigenvalue weighted by atomic mass is 15.0. The molecule has 0 radical (unpaired) electrons. The lowest BCUT2D eigenvalue weighted by molar-refractivity contribution is 0.568. The molecule has 20 heavy (non-hydrogen) atoms. The van der Waals surface area contributed by atoms with Crippen molar-refractivity contribution in [2.75, 3.05) is 5.73 Å². The Labute approximate surface area is 120 Å². The van der Waals surface area contributed by atoms with Gasteiger partial charge in [-0.15, -0.1) is 0 Å². The van der Waals surface area contributed by atoms with E-state index in [9.17, 15) is 0 Å². The lowest BCUT2D eigenvalue weighted by Gasteiger charge is -2.18. The van der Waals surface area contributed by atoms with Crippen LogP contribution in [0.3, 0.4) is 0 Å². The molecule has 3 rings (SSSR count). The fourth-order valence-corrected chi connectivity index (χ4v) is 2.30. The van der Waals surface area contributed by atoms with Crippen LogP contribution in [0.4, 0.5) is 5.82 Å². The number of nitrogen functional groups attached to an aromatic ring is 1. The Morgan fingerprint density at radius 2 is 1.70 bits per heavy atom. The third-order valence-corrected chi connectivity index (χ3v) is 3.73. The molecular weight excluding hydrogens is 246 g/mol. The van der Waals surface area contributed by atoms with Crippen molar-refractivity contribution in [1.29, 1.82) is 0 Å². The summed E-state index contributed by atoms with van der Waals surface area (Å²) in [6.07, 6.45) is 2.64. The molecule has 1 aromatic carbocycles. The summed E-state index contributed by atoms with van der Waals surface area (Å²) in [4.78, 5) is 9.05. The standard InChI is InChI=1S/C17H21N3/c1-17(2,3)14-10-15(18)20-16(19-14)13-8-6-12(7-9-13)11-4-5-11/h6-11H,4-5H2,1-3H3,(H2,18,19,20). The lowest BCUT2D eigenvalue weighted by atomic mass is 9.92. The maximum Gasteiger partial charge on any atom is 0.161 e. The molecule has 3 nitrogen and oxygen atoms in total. The first-order valence-corrected chi connectivity index (χ1v) is 7.19. The number of rotatable bonds is 2. The summed E-state index contributed by atoms with van der Waals surface area (Å²) >= 11 is 0. The van der Waals surface area contributed by atoms with Crippen LogP contribution in [-0.4, -0.2) is 9.97 Å². The van der Waals surface area contributed by atoms with Gasteiger partial charge in [-0.3, -0.25) is 0 Å². The molecule has 1 aromatic heterocycles. The second kappa shape index (κ2) is 4.58. The van der Waals surface area contributed by atoms with Crippen LogP contribution >= 0.6 is 0 Å². The van der Waals surface area contributed by atoms with Gasteiger partial charge >= 0.3 is 0 Å². The predicted octanol–water partition coefficient (Wildman–Crippen LogP) is 3.90. The van der Waals surface area contributed by atoms with E-state index in [1.807, 2.05) is 6.07 Å². The zero-order valence-electron chi connectivity index (χ0n) is 12.4. The van der Waals surface area contributed by atoms with Crippen LogP contribution in [0.25, 0.3) is 11.4 Å². The van der Waals surface area contributed by atoms with E-state index in [0.717, 1.165) is 23.0 Å². The monoisotopic (exact) mass is 267 g/mol. The maximum atomic E-state index is 5.93. The van der Waals surface area contributed by atoms with Gasteiger partial charge < -0.3 is 5.73 Å². The largest absolute Gasteiger partial charge is 0.384 e. The van der Waals surface area contributed by atoms with Crippen molar-refractivity contribution in [3.63, 3.8) is 0 Å². The summed E-state index contributed by atoms with van der Waals surface area (Å²) in [5.74, 6) is 2.03. The smallest absolute Gasteiger partial charge is 0.161 e. The van der Waals surface area contributed by atoms with Crippen molar-refractivity contribution in [3.05, 3.63) is 41.6 Å². The Balaban J connectivity index is 1.98. The van der Waals surface area contributed by atoms with Crippen molar-refractivity contribution in [3.8, 4) is 11.4 Å². The van der Waals surface area contributed by atoms with Gasteiger partial charge in [-0.1, -0.05) is 45.0 Å². The summed E-state index contributed by atoms with van der Waals surface area (Å²) in [6, 6.07) is 10.5. The average Bonchev–Trinajstić information content (AvgIpc) is 3.21. The highest BCUT2D eigenvalue weighted by Gasteiger charge is 2.23. The zero-order chi connectivity index (χ0) is 14.3. The number of nitrogens with zero attached hydrogens (tertiary/aromatic N) is 2. The first-order chi connectivity index (χ1) is 9.43. The summed E-state index contributed by atoms with van der Waals surface area (Å²) in [7, 11) is 0. The summed E-state index contributed by atoms with van der Waals surface area (Å²) in [5.41, 5.74) is 9.34. The topological polar surface area (TPSA) is 51.8 Å². The van der Waals surface area contributed by atoms with Crippen LogP contribution in [0, 0.1) is 0 Å². The SMILES string of the molecule is CC(C)(C)c1cc(N)nc(-c2ccc(C3CC3)cc2)n1. The Bertz CT molecular complexity index is 620. The molecule has 0 spiro atoms. The molecule has 104 valence electrons. The molecule has 0 unspecified atom stereocenters. The molecule has 0 saturated heterocycles. The predicted molar refractivity (Wildman–Crippen MR) is 82.6 cm³/mol. The van der Waals surface area contributed by atoms with Crippen LogP contribution in [0.2, 0.25) is 0 Å². The van der Waals surface area contributed by atoms with E-state index < -0.39 is 0 Å². The molecule has 1 aliphatic rings. The number of hydrogen-bond acceptors (Lipinski definition) is 3. The molecule has 1 heterocycles.